The smallest absolute Gasteiger partial charge is 0.0597 e. The van der Waals surface area contributed by atoms with E-state index in [0.717, 1.165) is 31.7 Å². The minimum Gasteiger partial charge on any atom is -0.377 e. The second kappa shape index (κ2) is 5.89. The van der Waals surface area contributed by atoms with Crippen LogP contribution in [0.5, 0.6) is 0 Å². The molecule has 1 aliphatic heterocycles. The Morgan fingerprint density at radius 3 is 2.67 bits per heavy atom. The molecular formula is C15H28N2O. The maximum atomic E-state index is 6.00. The molecule has 3 fully saturated rings. The zero-order chi connectivity index (χ0) is 12.4. The molecule has 3 aliphatic rings. The predicted molar refractivity (Wildman–Crippen MR) is 73.8 cm³/mol. The van der Waals surface area contributed by atoms with Crippen LogP contribution in [0.4, 0.5) is 0 Å². The molecule has 0 aromatic carbocycles. The molecule has 2 unspecified atom stereocenters. The molecule has 104 valence electrons. The van der Waals surface area contributed by atoms with Gasteiger partial charge in [0, 0.05) is 31.7 Å². The molecule has 1 N–H and O–H groups in total. The second-order valence-corrected chi connectivity index (χ2v) is 6.47. The van der Waals surface area contributed by atoms with Crippen molar-refractivity contribution in [3.8, 4) is 0 Å². The molecule has 2 atom stereocenters. The molecule has 0 radical (unpaired) electrons. The summed E-state index contributed by atoms with van der Waals surface area (Å²) in [6.45, 7) is 6.80. The number of rotatable bonds is 5. The van der Waals surface area contributed by atoms with Crippen molar-refractivity contribution in [2.24, 2.45) is 5.92 Å². The third-order valence-corrected chi connectivity index (χ3v) is 4.96. The van der Waals surface area contributed by atoms with Gasteiger partial charge in [-0.15, -0.1) is 0 Å². The molecule has 1 saturated heterocycles. The highest BCUT2D eigenvalue weighted by Gasteiger charge is 2.35. The van der Waals surface area contributed by atoms with E-state index < -0.39 is 0 Å². The fraction of sp³-hybridized carbons (Fsp3) is 1.00. The van der Waals surface area contributed by atoms with Gasteiger partial charge in [-0.25, -0.2) is 0 Å². The Hall–Kier alpha value is -0.120. The molecule has 0 bridgehead atoms. The van der Waals surface area contributed by atoms with Crippen LogP contribution in [0.3, 0.4) is 0 Å². The van der Waals surface area contributed by atoms with Crippen molar-refractivity contribution in [1.29, 1.82) is 0 Å². The Kier molecular flexibility index (Phi) is 4.22. The average Bonchev–Trinajstić information content (AvgIpc) is 3.10. The molecule has 2 saturated carbocycles. The molecule has 3 heteroatoms. The first-order valence-corrected chi connectivity index (χ1v) is 7.92. The van der Waals surface area contributed by atoms with Crippen molar-refractivity contribution in [1.82, 2.24) is 10.2 Å². The van der Waals surface area contributed by atoms with Crippen LogP contribution in [-0.2, 0) is 4.74 Å². The van der Waals surface area contributed by atoms with Gasteiger partial charge >= 0.3 is 0 Å². The first-order chi connectivity index (χ1) is 8.83. The van der Waals surface area contributed by atoms with E-state index in [-0.39, 0.29) is 0 Å². The molecule has 0 spiro atoms. The highest BCUT2D eigenvalue weighted by Crippen LogP contribution is 2.34. The molecule has 0 aromatic heterocycles. The van der Waals surface area contributed by atoms with Gasteiger partial charge in [-0.3, -0.25) is 4.90 Å². The Morgan fingerprint density at radius 2 is 1.94 bits per heavy atom. The maximum Gasteiger partial charge on any atom is 0.0597 e. The molecule has 3 nitrogen and oxygen atoms in total. The minimum absolute atomic E-state index is 0.572. The standard InChI is InChI=1S/C15H28N2O/c1-12-10-16-15(13-6-7-13)11-17(12)8-9-18-14-4-2-3-5-14/h12-16H,2-11H2,1H3. The highest BCUT2D eigenvalue weighted by atomic mass is 16.5. The lowest BCUT2D eigenvalue weighted by molar-refractivity contribution is 0.0252. The maximum absolute atomic E-state index is 6.00. The Morgan fingerprint density at radius 1 is 1.17 bits per heavy atom. The van der Waals surface area contributed by atoms with E-state index in [1.165, 1.54) is 45.1 Å². The fourth-order valence-electron chi connectivity index (χ4n) is 3.47. The van der Waals surface area contributed by atoms with Crippen molar-refractivity contribution in [3.05, 3.63) is 0 Å². The number of piperazine rings is 1. The lowest BCUT2D eigenvalue weighted by Gasteiger charge is -2.39. The molecule has 0 aromatic rings. The van der Waals surface area contributed by atoms with Gasteiger partial charge in [-0.05, 0) is 38.5 Å². The highest BCUT2D eigenvalue weighted by molar-refractivity contribution is 4.93. The summed E-state index contributed by atoms with van der Waals surface area (Å²) in [5, 5.41) is 3.71. The molecule has 0 amide bonds. The van der Waals surface area contributed by atoms with E-state index in [0.29, 0.717) is 12.1 Å². The summed E-state index contributed by atoms with van der Waals surface area (Å²) in [4.78, 5) is 2.63. The van der Waals surface area contributed by atoms with Crippen LogP contribution in [0.1, 0.15) is 45.4 Å². The summed E-state index contributed by atoms with van der Waals surface area (Å²) in [6.07, 6.45) is 8.79. The first-order valence-electron chi connectivity index (χ1n) is 7.92. The normalized spacial score (nSPS) is 35.2. The topological polar surface area (TPSA) is 24.5 Å². The lowest BCUT2D eigenvalue weighted by atomic mass is 10.1. The van der Waals surface area contributed by atoms with Gasteiger partial charge in [0.05, 0.1) is 12.7 Å². The van der Waals surface area contributed by atoms with Crippen LogP contribution in [0.2, 0.25) is 0 Å². The number of ether oxygens (including phenoxy) is 1. The van der Waals surface area contributed by atoms with E-state index in [4.69, 9.17) is 4.74 Å². The van der Waals surface area contributed by atoms with Crippen molar-refractivity contribution >= 4 is 0 Å². The largest absolute Gasteiger partial charge is 0.377 e. The molecule has 18 heavy (non-hydrogen) atoms. The first kappa shape index (κ1) is 12.9. The Bertz CT molecular complexity index is 261. The van der Waals surface area contributed by atoms with Gasteiger partial charge < -0.3 is 10.1 Å². The van der Waals surface area contributed by atoms with E-state index in [1.54, 1.807) is 0 Å². The fourth-order valence-corrected chi connectivity index (χ4v) is 3.47. The van der Waals surface area contributed by atoms with Gasteiger partial charge in [0.25, 0.3) is 0 Å². The van der Waals surface area contributed by atoms with Crippen molar-refractivity contribution < 1.29 is 4.74 Å². The third-order valence-electron chi connectivity index (χ3n) is 4.96. The van der Waals surface area contributed by atoms with Crippen LogP contribution in [0.25, 0.3) is 0 Å². The summed E-state index contributed by atoms with van der Waals surface area (Å²) in [5.74, 6) is 0.968. The van der Waals surface area contributed by atoms with Gasteiger partial charge in [-0.2, -0.15) is 0 Å². The minimum atomic E-state index is 0.572. The summed E-state index contributed by atoms with van der Waals surface area (Å²) < 4.78 is 6.00. The quantitative estimate of drug-likeness (QED) is 0.810. The number of hydrogen-bond donors (Lipinski definition) is 1. The van der Waals surface area contributed by atoms with Crippen molar-refractivity contribution in [2.45, 2.75) is 63.6 Å². The number of nitrogens with zero attached hydrogens (tertiary/aromatic N) is 1. The molecular weight excluding hydrogens is 224 g/mol. The van der Waals surface area contributed by atoms with Crippen LogP contribution >= 0.6 is 0 Å². The summed E-state index contributed by atoms with van der Waals surface area (Å²) in [6, 6.07) is 1.43. The molecule has 2 aliphatic carbocycles. The zero-order valence-corrected chi connectivity index (χ0v) is 11.7. The Balaban J connectivity index is 1.39. The van der Waals surface area contributed by atoms with E-state index >= 15 is 0 Å². The number of hydrogen-bond acceptors (Lipinski definition) is 3. The summed E-state index contributed by atoms with van der Waals surface area (Å²) in [5.41, 5.74) is 0. The van der Waals surface area contributed by atoms with E-state index in [1.807, 2.05) is 0 Å². The van der Waals surface area contributed by atoms with Crippen LogP contribution in [-0.4, -0.2) is 49.3 Å². The van der Waals surface area contributed by atoms with Crippen molar-refractivity contribution in [3.63, 3.8) is 0 Å². The Labute approximate surface area is 111 Å². The van der Waals surface area contributed by atoms with Crippen LogP contribution < -0.4 is 5.32 Å². The van der Waals surface area contributed by atoms with Gasteiger partial charge in [-0.1, -0.05) is 12.8 Å². The second-order valence-electron chi connectivity index (χ2n) is 6.47. The van der Waals surface area contributed by atoms with Gasteiger partial charge in [0.15, 0.2) is 0 Å². The lowest BCUT2D eigenvalue weighted by Crippen LogP contribution is -2.56. The third kappa shape index (κ3) is 3.25. The van der Waals surface area contributed by atoms with Crippen LogP contribution in [0.15, 0.2) is 0 Å². The summed E-state index contributed by atoms with van der Waals surface area (Å²) >= 11 is 0. The van der Waals surface area contributed by atoms with Crippen molar-refractivity contribution in [2.75, 3.05) is 26.2 Å². The van der Waals surface area contributed by atoms with E-state index in [9.17, 15) is 0 Å². The van der Waals surface area contributed by atoms with Gasteiger partial charge in [0.1, 0.15) is 0 Å². The zero-order valence-electron chi connectivity index (χ0n) is 11.7. The number of nitrogens with one attached hydrogen (secondary N) is 1. The molecule has 3 rings (SSSR count). The monoisotopic (exact) mass is 252 g/mol. The average molecular weight is 252 g/mol. The SMILES string of the molecule is CC1CNC(C2CC2)CN1CCOC1CCCC1. The molecule has 1 heterocycles. The van der Waals surface area contributed by atoms with Crippen LogP contribution in [0, 0.1) is 5.92 Å². The van der Waals surface area contributed by atoms with E-state index in [2.05, 4.69) is 17.1 Å². The predicted octanol–water partition coefficient (Wildman–Crippen LogP) is 2.02. The summed E-state index contributed by atoms with van der Waals surface area (Å²) in [7, 11) is 0. The van der Waals surface area contributed by atoms with Gasteiger partial charge in [0.2, 0.25) is 0 Å².